The Labute approximate surface area is 235 Å². The normalized spacial score (nSPS) is 10.7. The smallest absolute Gasteiger partial charge is 0.159 e. The molecule has 6 rings (SSSR count). The van der Waals surface area contributed by atoms with Gasteiger partial charge in [0.2, 0.25) is 0 Å². The van der Waals surface area contributed by atoms with E-state index in [2.05, 4.69) is 61.8 Å². The van der Waals surface area contributed by atoms with E-state index in [0.717, 1.165) is 46.3 Å². The Hall–Kier alpha value is -4.69. The maximum atomic E-state index is 13.2. The van der Waals surface area contributed by atoms with Gasteiger partial charge in [-0.1, -0.05) is 59.6 Å². The van der Waals surface area contributed by atoms with Crippen LogP contribution in [0.2, 0.25) is 5.02 Å². The number of aromatic nitrogens is 4. The summed E-state index contributed by atoms with van der Waals surface area (Å²) in [5, 5.41) is 8.87. The number of aryl methyl sites for hydroxylation is 1. The molecular formula is C31H25ClF2N6. The van der Waals surface area contributed by atoms with E-state index in [1.807, 2.05) is 24.3 Å². The first-order valence-corrected chi connectivity index (χ1v) is 12.9. The molecule has 0 radical (unpaired) electrons. The zero-order valence-corrected chi connectivity index (χ0v) is 22.3. The van der Waals surface area contributed by atoms with Gasteiger partial charge in [-0.05, 0) is 60.5 Å². The lowest BCUT2D eigenvalue weighted by Crippen LogP contribution is -2.03. The maximum absolute atomic E-state index is 13.2. The molecule has 40 heavy (non-hydrogen) atoms. The number of nitrogens with one attached hydrogen (secondary N) is 2. The number of anilines is 2. The summed E-state index contributed by atoms with van der Waals surface area (Å²) in [6, 6.07) is 25.6. The molecule has 0 spiro atoms. The second-order valence-electron chi connectivity index (χ2n) is 9.07. The summed E-state index contributed by atoms with van der Waals surface area (Å²) in [6.07, 6.45) is 3.04. The lowest BCUT2D eigenvalue weighted by molar-refractivity contribution is 0.507. The Morgan fingerprint density at radius 1 is 0.625 bits per heavy atom. The SMILES string of the molecule is Cc1ccc2ncnc(NCc3ccccc3)c2c1.Fc1ccc(CNc2ncnc3ccc(Cl)cc23)cc1F. The summed E-state index contributed by atoms with van der Waals surface area (Å²) < 4.78 is 26.0. The monoisotopic (exact) mass is 554 g/mol. The van der Waals surface area contributed by atoms with Gasteiger partial charge in [0.25, 0.3) is 0 Å². The molecule has 0 saturated carbocycles. The van der Waals surface area contributed by atoms with Crippen molar-refractivity contribution in [1.29, 1.82) is 0 Å². The van der Waals surface area contributed by atoms with Gasteiger partial charge in [-0.25, -0.2) is 28.7 Å². The van der Waals surface area contributed by atoms with Crippen LogP contribution in [0.5, 0.6) is 0 Å². The molecule has 6 aromatic rings. The van der Waals surface area contributed by atoms with Crippen LogP contribution in [-0.2, 0) is 13.1 Å². The van der Waals surface area contributed by atoms with E-state index >= 15 is 0 Å². The topological polar surface area (TPSA) is 75.6 Å². The number of benzene rings is 4. The highest BCUT2D eigenvalue weighted by Crippen LogP contribution is 2.24. The Morgan fingerprint density at radius 2 is 1.25 bits per heavy atom. The fourth-order valence-electron chi connectivity index (χ4n) is 4.10. The first kappa shape index (κ1) is 26.9. The Morgan fingerprint density at radius 3 is 1.93 bits per heavy atom. The van der Waals surface area contributed by atoms with E-state index in [0.29, 0.717) is 22.9 Å². The average molecular weight is 555 g/mol. The fourth-order valence-corrected chi connectivity index (χ4v) is 4.27. The molecule has 9 heteroatoms. The number of hydrogen-bond acceptors (Lipinski definition) is 6. The number of halogens is 3. The number of rotatable bonds is 6. The molecule has 200 valence electrons. The summed E-state index contributed by atoms with van der Waals surface area (Å²) in [5.74, 6) is -0.257. The van der Waals surface area contributed by atoms with E-state index in [4.69, 9.17) is 11.6 Å². The molecule has 2 N–H and O–H groups in total. The molecule has 0 saturated heterocycles. The van der Waals surface area contributed by atoms with Gasteiger partial charge in [-0.2, -0.15) is 0 Å². The van der Waals surface area contributed by atoms with Crippen molar-refractivity contribution in [1.82, 2.24) is 19.9 Å². The summed E-state index contributed by atoms with van der Waals surface area (Å²) in [4.78, 5) is 16.9. The maximum Gasteiger partial charge on any atom is 0.159 e. The van der Waals surface area contributed by atoms with Crippen molar-refractivity contribution >= 4 is 45.0 Å². The van der Waals surface area contributed by atoms with Crippen LogP contribution in [-0.4, -0.2) is 19.9 Å². The fraction of sp³-hybridized carbons (Fsp3) is 0.0968. The quantitative estimate of drug-likeness (QED) is 0.219. The molecule has 6 nitrogen and oxygen atoms in total. The second kappa shape index (κ2) is 12.4. The second-order valence-corrected chi connectivity index (χ2v) is 9.50. The van der Waals surface area contributed by atoms with Gasteiger partial charge >= 0.3 is 0 Å². The van der Waals surface area contributed by atoms with E-state index in [9.17, 15) is 8.78 Å². The predicted octanol–water partition coefficient (Wildman–Crippen LogP) is 7.72. The van der Waals surface area contributed by atoms with E-state index in [-0.39, 0.29) is 0 Å². The third-order valence-corrected chi connectivity index (χ3v) is 6.37. The minimum absolute atomic E-state index is 0.315. The first-order valence-electron chi connectivity index (χ1n) is 12.5. The largest absolute Gasteiger partial charge is 0.365 e. The third kappa shape index (κ3) is 6.65. The molecule has 0 amide bonds. The standard InChI is InChI=1S/C16H15N3.C15H10ClF2N3/c1-12-7-8-15-14(9-12)16(19-11-18-15)17-10-13-5-3-2-4-6-13;16-10-2-4-14-11(6-10)15(21-8-20-14)19-7-9-1-3-12(17)13(18)5-9/h2-9,11H,10H2,1H3,(H,17,18,19);1-6,8H,7H2,(H,19,20,21). The third-order valence-electron chi connectivity index (χ3n) is 6.13. The highest BCUT2D eigenvalue weighted by molar-refractivity contribution is 6.31. The van der Waals surface area contributed by atoms with E-state index in [1.54, 1.807) is 24.5 Å². The summed E-state index contributed by atoms with van der Waals surface area (Å²) >= 11 is 5.97. The summed E-state index contributed by atoms with van der Waals surface area (Å²) in [6.45, 7) is 3.16. The van der Waals surface area contributed by atoms with E-state index < -0.39 is 11.6 Å². The molecule has 0 bridgehead atoms. The lowest BCUT2D eigenvalue weighted by Gasteiger charge is -2.09. The van der Waals surface area contributed by atoms with Gasteiger partial charge < -0.3 is 10.6 Å². The lowest BCUT2D eigenvalue weighted by atomic mass is 10.1. The molecule has 0 fully saturated rings. The number of hydrogen-bond donors (Lipinski definition) is 2. The van der Waals surface area contributed by atoms with Crippen LogP contribution in [0, 0.1) is 18.6 Å². The van der Waals surface area contributed by atoms with Crippen molar-refractivity contribution in [3.8, 4) is 0 Å². The highest BCUT2D eigenvalue weighted by Gasteiger charge is 2.07. The molecule has 0 aliphatic carbocycles. The molecule has 0 aliphatic heterocycles. The van der Waals surface area contributed by atoms with Crippen LogP contribution in [0.3, 0.4) is 0 Å². The molecule has 2 aromatic heterocycles. The molecule has 2 heterocycles. The minimum atomic E-state index is -0.870. The van der Waals surface area contributed by atoms with Crippen LogP contribution in [0.4, 0.5) is 20.4 Å². The van der Waals surface area contributed by atoms with Gasteiger partial charge in [0.1, 0.15) is 24.3 Å². The minimum Gasteiger partial charge on any atom is -0.365 e. The first-order chi connectivity index (χ1) is 19.5. The number of fused-ring (bicyclic) bond motifs is 2. The van der Waals surface area contributed by atoms with Crippen LogP contribution in [0.15, 0.2) is 97.6 Å². The van der Waals surface area contributed by atoms with Gasteiger partial charge in [0.15, 0.2) is 11.6 Å². The van der Waals surface area contributed by atoms with E-state index in [1.165, 1.54) is 23.5 Å². The summed E-state index contributed by atoms with van der Waals surface area (Å²) in [7, 11) is 0. The average Bonchev–Trinajstić information content (AvgIpc) is 2.97. The van der Waals surface area contributed by atoms with Crippen molar-refractivity contribution in [3.05, 3.63) is 131 Å². The van der Waals surface area contributed by atoms with Crippen LogP contribution >= 0.6 is 11.6 Å². The molecule has 0 aliphatic rings. The van der Waals surface area contributed by atoms with Crippen molar-refractivity contribution in [2.24, 2.45) is 0 Å². The Balaban J connectivity index is 0.000000162. The van der Waals surface area contributed by atoms with Crippen molar-refractivity contribution in [2.45, 2.75) is 20.0 Å². The Bertz CT molecular complexity index is 1760. The molecule has 4 aromatic carbocycles. The predicted molar refractivity (Wildman–Crippen MR) is 156 cm³/mol. The van der Waals surface area contributed by atoms with Crippen LogP contribution < -0.4 is 10.6 Å². The summed E-state index contributed by atoms with van der Waals surface area (Å²) in [5.41, 5.74) is 4.79. The van der Waals surface area contributed by atoms with Gasteiger partial charge in [0.05, 0.1) is 11.0 Å². The highest BCUT2D eigenvalue weighted by atomic mass is 35.5. The molecule has 0 unspecified atom stereocenters. The van der Waals surface area contributed by atoms with Gasteiger partial charge in [0, 0.05) is 28.9 Å². The van der Waals surface area contributed by atoms with Crippen molar-refractivity contribution in [2.75, 3.05) is 10.6 Å². The van der Waals surface area contributed by atoms with Crippen LogP contribution in [0.25, 0.3) is 21.8 Å². The van der Waals surface area contributed by atoms with Gasteiger partial charge in [-0.3, -0.25) is 0 Å². The van der Waals surface area contributed by atoms with Crippen molar-refractivity contribution in [3.63, 3.8) is 0 Å². The zero-order valence-electron chi connectivity index (χ0n) is 21.6. The van der Waals surface area contributed by atoms with Crippen molar-refractivity contribution < 1.29 is 8.78 Å². The molecular weight excluding hydrogens is 530 g/mol. The zero-order chi connectivity index (χ0) is 27.9. The van der Waals surface area contributed by atoms with Crippen LogP contribution in [0.1, 0.15) is 16.7 Å². The number of nitrogens with zero attached hydrogens (tertiary/aromatic N) is 4. The molecule has 0 atom stereocenters. The van der Waals surface area contributed by atoms with Gasteiger partial charge in [-0.15, -0.1) is 0 Å². The Kier molecular flexibility index (Phi) is 8.37.